The van der Waals surface area contributed by atoms with Gasteiger partial charge in [0.15, 0.2) is 12.4 Å². The average Bonchev–Trinajstić information content (AvgIpc) is 3.15. The van der Waals surface area contributed by atoms with Crippen molar-refractivity contribution in [2.24, 2.45) is 0 Å². The first kappa shape index (κ1) is 23.7. The monoisotopic (exact) mass is 495 g/mol. The zero-order valence-electron chi connectivity index (χ0n) is 18.0. The number of ether oxygens (including phenoxy) is 1. The van der Waals surface area contributed by atoms with Crippen LogP contribution in [0.5, 0.6) is 0 Å². The van der Waals surface area contributed by atoms with Gasteiger partial charge in [0.05, 0.1) is 23.0 Å². The van der Waals surface area contributed by atoms with Crippen molar-refractivity contribution in [1.29, 1.82) is 0 Å². The Morgan fingerprint density at radius 3 is 2.59 bits per heavy atom. The maximum absolute atomic E-state index is 13.4. The number of aryl methyl sites for hydroxylation is 1. The van der Waals surface area contributed by atoms with Crippen molar-refractivity contribution in [3.05, 3.63) is 59.4 Å². The quantitative estimate of drug-likeness (QED) is 0.385. The van der Waals surface area contributed by atoms with Crippen LogP contribution in [0, 0.1) is 0 Å². The van der Waals surface area contributed by atoms with Gasteiger partial charge in [0, 0.05) is 12.1 Å². The molecule has 0 fully saturated rings. The van der Waals surface area contributed by atoms with Crippen LogP contribution in [0.15, 0.2) is 42.5 Å². The van der Waals surface area contributed by atoms with Crippen molar-refractivity contribution < 1.29 is 35.9 Å². The average molecular weight is 495 g/mol. The molecule has 0 saturated carbocycles. The Labute approximate surface area is 193 Å². The minimum Gasteiger partial charge on any atom is -0.456 e. The van der Waals surface area contributed by atoms with Crippen LogP contribution < -0.4 is 4.31 Å². The number of fused-ring (bicyclic) bond motifs is 2. The number of rotatable bonds is 6. The lowest BCUT2D eigenvalue weighted by atomic mass is 9.99. The molecule has 0 unspecified atom stereocenters. The minimum atomic E-state index is -4.78. The van der Waals surface area contributed by atoms with E-state index < -0.39 is 46.9 Å². The molecule has 2 aromatic carbocycles. The molecule has 8 nitrogen and oxygen atoms in total. The second kappa shape index (κ2) is 8.75. The molecule has 3 aromatic rings. The molecule has 180 valence electrons. The number of para-hydroxylation sites is 2. The van der Waals surface area contributed by atoms with Gasteiger partial charge in [-0.1, -0.05) is 12.1 Å². The molecule has 1 aliphatic rings. The lowest BCUT2D eigenvalue weighted by molar-refractivity contribution is -0.150. The van der Waals surface area contributed by atoms with Crippen molar-refractivity contribution in [2.75, 3.05) is 23.7 Å². The van der Waals surface area contributed by atoms with Crippen molar-refractivity contribution in [3.63, 3.8) is 0 Å². The van der Waals surface area contributed by atoms with E-state index in [4.69, 9.17) is 4.74 Å². The van der Waals surface area contributed by atoms with Crippen LogP contribution in [0.3, 0.4) is 0 Å². The van der Waals surface area contributed by atoms with E-state index in [1.54, 1.807) is 6.07 Å². The predicted octanol–water partition coefficient (Wildman–Crippen LogP) is 3.19. The summed E-state index contributed by atoms with van der Waals surface area (Å²) in [5.41, 5.74) is 1.58. The number of Topliss-reactive ketones (excluding diaryl/α,β-unsaturated/α-hetero) is 1. The predicted molar refractivity (Wildman–Crippen MR) is 117 cm³/mol. The van der Waals surface area contributed by atoms with Gasteiger partial charge >= 0.3 is 12.1 Å². The third-order valence-corrected chi connectivity index (χ3v) is 6.62. The summed E-state index contributed by atoms with van der Waals surface area (Å²) >= 11 is 0. The van der Waals surface area contributed by atoms with Gasteiger partial charge in [-0.05, 0) is 48.7 Å². The Hall–Kier alpha value is -3.41. The Kier molecular flexibility index (Phi) is 6.11. The number of anilines is 1. The Morgan fingerprint density at radius 2 is 1.88 bits per heavy atom. The van der Waals surface area contributed by atoms with Gasteiger partial charge in [0.2, 0.25) is 15.8 Å². The van der Waals surface area contributed by atoms with Crippen molar-refractivity contribution in [1.82, 2.24) is 9.55 Å². The maximum Gasteiger partial charge on any atom is 0.449 e. The molecule has 12 heteroatoms. The number of esters is 1. The molecule has 34 heavy (non-hydrogen) atoms. The third-order valence-electron chi connectivity index (χ3n) is 5.44. The maximum atomic E-state index is 13.4. The summed E-state index contributed by atoms with van der Waals surface area (Å²) in [5, 5.41) is 0. The molecule has 0 atom stereocenters. The van der Waals surface area contributed by atoms with Gasteiger partial charge in [-0.2, -0.15) is 13.2 Å². The number of halogens is 3. The van der Waals surface area contributed by atoms with Gasteiger partial charge < -0.3 is 9.30 Å². The van der Waals surface area contributed by atoms with E-state index in [1.165, 1.54) is 40.7 Å². The summed E-state index contributed by atoms with van der Waals surface area (Å²) in [6.45, 7) is -1.09. The Balaban J connectivity index is 1.47. The molecule has 4 rings (SSSR count). The van der Waals surface area contributed by atoms with E-state index >= 15 is 0 Å². The summed E-state index contributed by atoms with van der Waals surface area (Å²) in [7, 11) is -3.46. The van der Waals surface area contributed by atoms with E-state index in [0.29, 0.717) is 35.2 Å². The summed E-state index contributed by atoms with van der Waals surface area (Å²) in [4.78, 5) is 28.4. The number of imidazole rings is 1. The van der Waals surface area contributed by atoms with Crippen LogP contribution in [0.25, 0.3) is 11.0 Å². The molecule has 0 saturated heterocycles. The third kappa shape index (κ3) is 4.76. The lowest BCUT2D eigenvalue weighted by Crippen LogP contribution is -2.34. The fourth-order valence-corrected chi connectivity index (χ4v) is 4.93. The number of nitrogens with zero attached hydrogens (tertiary/aromatic N) is 3. The molecule has 0 N–H and O–H groups in total. The summed E-state index contributed by atoms with van der Waals surface area (Å²) in [6, 6.07) is 10.4. The van der Waals surface area contributed by atoms with Gasteiger partial charge in [0.1, 0.15) is 6.54 Å². The lowest BCUT2D eigenvalue weighted by Gasteiger charge is -2.29. The second-order valence-corrected chi connectivity index (χ2v) is 9.78. The number of hydrogen-bond donors (Lipinski definition) is 0. The Bertz CT molecular complexity index is 1380. The van der Waals surface area contributed by atoms with Crippen LogP contribution in [0.1, 0.15) is 28.2 Å². The first-order valence-electron chi connectivity index (χ1n) is 10.3. The van der Waals surface area contributed by atoms with Crippen LogP contribution in [-0.2, 0) is 38.7 Å². The number of benzene rings is 2. The molecule has 0 radical (unpaired) electrons. The molecular formula is C22H20F3N3O5S. The van der Waals surface area contributed by atoms with E-state index in [-0.39, 0.29) is 16.6 Å². The molecule has 1 aromatic heterocycles. The smallest absolute Gasteiger partial charge is 0.449 e. The number of ketones is 1. The van der Waals surface area contributed by atoms with Crippen LogP contribution >= 0.6 is 0 Å². The summed E-state index contributed by atoms with van der Waals surface area (Å²) in [6.07, 6.45) is -2.50. The highest BCUT2D eigenvalue weighted by atomic mass is 32.2. The fraction of sp³-hybridized carbons (Fsp3) is 0.318. The zero-order valence-corrected chi connectivity index (χ0v) is 18.8. The number of carbonyl (C=O) groups excluding carboxylic acids is 2. The van der Waals surface area contributed by atoms with Crippen molar-refractivity contribution in [2.45, 2.75) is 25.6 Å². The van der Waals surface area contributed by atoms with Gasteiger partial charge in [-0.3, -0.25) is 13.9 Å². The van der Waals surface area contributed by atoms with Gasteiger partial charge in [0.25, 0.3) is 0 Å². The van der Waals surface area contributed by atoms with Gasteiger partial charge in [-0.25, -0.2) is 13.4 Å². The number of hydrogen-bond acceptors (Lipinski definition) is 6. The van der Waals surface area contributed by atoms with Crippen LogP contribution in [-0.4, -0.2) is 49.1 Å². The number of aromatic nitrogens is 2. The number of sulfonamides is 1. The normalized spacial score (nSPS) is 14.2. The fourth-order valence-electron chi connectivity index (χ4n) is 3.94. The standard InChI is InChI=1S/C22H20F3N3O5S/c1-34(31,32)28-10-4-5-14-11-15(8-9-17(14)28)19(29)13-33-20(30)12-27-18-7-3-2-6-16(18)26-21(27)22(23,24)25/h2-3,6-9,11H,4-5,10,12-13H2,1H3. The minimum absolute atomic E-state index is 0.0795. The first-order chi connectivity index (χ1) is 15.9. The van der Waals surface area contributed by atoms with E-state index in [1.807, 2.05) is 0 Å². The highest BCUT2D eigenvalue weighted by Crippen LogP contribution is 2.32. The van der Waals surface area contributed by atoms with E-state index in [9.17, 15) is 31.2 Å². The SMILES string of the molecule is CS(=O)(=O)N1CCCc2cc(C(=O)COC(=O)Cn3c(C(F)(F)F)nc4ccccc43)ccc21. The second-order valence-electron chi connectivity index (χ2n) is 7.87. The van der Waals surface area contributed by atoms with Crippen LogP contribution in [0.2, 0.25) is 0 Å². The van der Waals surface area contributed by atoms with Crippen molar-refractivity contribution >= 4 is 38.5 Å². The van der Waals surface area contributed by atoms with E-state index in [2.05, 4.69) is 4.98 Å². The summed E-state index contributed by atoms with van der Waals surface area (Å²) in [5.74, 6) is -2.82. The topological polar surface area (TPSA) is 98.6 Å². The molecule has 0 amide bonds. The highest BCUT2D eigenvalue weighted by molar-refractivity contribution is 7.92. The largest absolute Gasteiger partial charge is 0.456 e. The molecule has 1 aliphatic heterocycles. The highest BCUT2D eigenvalue weighted by Gasteiger charge is 2.38. The molecule has 0 bridgehead atoms. The number of alkyl halides is 3. The molecule has 2 heterocycles. The van der Waals surface area contributed by atoms with Crippen LogP contribution in [0.4, 0.5) is 18.9 Å². The van der Waals surface area contributed by atoms with Gasteiger partial charge in [-0.15, -0.1) is 0 Å². The Morgan fingerprint density at radius 1 is 1.15 bits per heavy atom. The molecular weight excluding hydrogens is 475 g/mol. The van der Waals surface area contributed by atoms with Crippen molar-refractivity contribution in [3.8, 4) is 0 Å². The molecule has 0 spiro atoms. The van der Waals surface area contributed by atoms with E-state index in [0.717, 1.165) is 6.26 Å². The zero-order chi connectivity index (χ0) is 24.7. The first-order valence-corrected chi connectivity index (χ1v) is 12.1. The molecule has 0 aliphatic carbocycles. The number of carbonyl (C=O) groups is 2. The summed E-state index contributed by atoms with van der Waals surface area (Å²) < 4.78 is 71.0.